The van der Waals surface area contributed by atoms with Gasteiger partial charge in [-0.2, -0.15) is 0 Å². The van der Waals surface area contributed by atoms with Crippen LogP contribution in [0.25, 0.3) is 0 Å². The van der Waals surface area contributed by atoms with E-state index < -0.39 is 0 Å². The van der Waals surface area contributed by atoms with Gasteiger partial charge in [-0.25, -0.2) is 0 Å². The first-order valence-electron chi connectivity index (χ1n) is 7.71. The Hall–Kier alpha value is -1.08. The standard InChI is InChI=1S/C19H30O/c1-15(8-6-9-16(2)14-20)11-12-18-17(3)10-7-13-19(18,4)5/h6,8-9,11-12,16,20H,7,10,13-14H2,1-5H3/b9-6+,12-11+,15-8+. The number of aliphatic hydroxyl groups is 1. The molecule has 0 fully saturated rings. The van der Waals surface area contributed by atoms with Gasteiger partial charge in [0.2, 0.25) is 0 Å². The summed E-state index contributed by atoms with van der Waals surface area (Å²) in [6, 6.07) is 0. The van der Waals surface area contributed by atoms with Crippen LogP contribution in [-0.2, 0) is 0 Å². The molecule has 0 saturated carbocycles. The zero-order valence-corrected chi connectivity index (χ0v) is 13.7. The van der Waals surface area contributed by atoms with Gasteiger partial charge in [-0.1, -0.05) is 62.3 Å². The van der Waals surface area contributed by atoms with E-state index in [1.54, 1.807) is 0 Å². The molecule has 0 spiro atoms. The van der Waals surface area contributed by atoms with Crippen molar-refractivity contribution in [1.29, 1.82) is 0 Å². The highest BCUT2D eigenvalue weighted by molar-refractivity contribution is 5.36. The molecule has 1 rings (SSSR count). The third-order valence-electron chi connectivity index (χ3n) is 4.14. The Morgan fingerprint density at radius 2 is 2.10 bits per heavy atom. The van der Waals surface area contributed by atoms with E-state index in [0.717, 1.165) is 0 Å². The van der Waals surface area contributed by atoms with Gasteiger partial charge in [0.15, 0.2) is 0 Å². The quantitative estimate of drug-likeness (QED) is 0.683. The van der Waals surface area contributed by atoms with E-state index >= 15 is 0 Å². The molecular weight excluding hydrogens is 244 g/mol. The fourth-order valence-electron chi connectivity index (χ4n) is 2.74. The van der Waals surface area contributed by atoms with E-state index in [1.165, 1.54) is 36.0 Å². The van der Waals surface area contributed by atoms with Gasteiger partial charge in [-0.3, -0.25) is 0 Å². The Labute approximate surface area is 124 Å². The number of rotatable bonds is 5. The summed E-state index contributed by atoms with van der Waals surface area (Å²) < 4.78 is 0. The summed E-state index contributed by atoms with van der Waals surface area (Å²) in [6.45, 7) is 11.3. The number of hydrogen-bond donors (Lipinski definition) is 1. The molecule has 1 nitrogen and oxygen atoms in total. The van der Waals surface area contributed by atoms with Crippen LogP contribution in [-0.4, -0.2) is 11.7 Å². The molecule has 20 heavy (non-hydrogen) atoms. The van der Waals surface area contributed by atoms with Crippen LogP contribution in [0.5, 0.6) is 0 Å². The molecule has 1 atom stereocenters. The summed E-state index contributed by atoms with van der Waals surface area (Å²) in [7, 11) is 0. The SMILES string of the molecule is CC1=C(/C=C/C(C)=C/C=C/C(C)CO)C(C)(C)CCC1. The topological polar surface area (TPSA) is 20.2 Å². The summed E-state index contributed by atoms with van der Waals surface area (Å²) >= 11 is 0. The van der Waals surface area contributed by atoms with Crippen molar-refractivity contribution >= 4 is 0 Å². The van der Waals surface area contributed by atoms with Crippen molar-refractivity contribution in [2.24, 2.45) is 11.3 Å². The predicted molar refractivity (Wildman–Crippen MR) is 88.6 cm³/mol. The second-order valence-electron chi connectivity index (χ2n) is 6.72. The number of aliphatic hydroxyl groups excluding tert-OH is 1. The lowest BCUT2D eigenvalue weighted by atomic mass is 9.72. The highest BCUT2D eigenvalue weighted by atomic mass is 16.3. The van der Waals surface area contributed by atoms with Crippen molar-refractivity contribution in [3.05, 3.63) is 47.1 Å². The maximum atomic E-state index is 8.97. The molecule has 112 valence electrons. The summed E-state index contributed by atoms with van der Waals surface area (Å²) in [5, 5.41) is 8.97. The molecule has 0 amide bonds. The van der Waals surface area contributed by atoms with Crippen molar-refractivity contribution in [2.45, 2.75) is 53.9 Å². The van der Waals surface area contributed by atoms with Crippen molar-refractivity contribution in [1.82, 2.24) is 0 Å². The normalized spacial score (nSPS) is 22.0. The Balaban J connectivity index is 2.76. The van der Waals surface area contributed by atoms with Crippen LogP contribution in [0, 0.1) is 11.3 Å². The Bertz CT molecular complexity index is 433. The van der Waals surface area contributed by atoms with Crippen molar-refractivity contribution in [3.63, 3.8) is 0 Å². The zero-order chi connectivity index (χ0) is 15.2. The van der Waals surface area contributed by atoms with Crippen LogP contribution in [0.3, 0.4) is 0 Å². The van der Waals surface area contributed by atoms with Gasteiger partial charge in [0, 0.05) is 6.61 Å². The van der Waals surface area contributed by atoms with E-state index in [2.05, 4.69) is 45.9 Å². The third kappa shape index (κ3) is 5.13. The first kappa shape index (κ1) is 17.0. The summed E-state index contributed by atoms with van der Waals surface area (Å²) in [5.74, 6) is 0.227. The maximum absolute atomic E-state index is 8.97. The van der Waals surface area contributed by atoms with Crippen LogP contribution in [0.15, 0.2) is 47.1 Å². The van der Waals surface area contributed by atoms with Crippen molar-refractivity contribution < 1.29 is 5.11 Å². The third-order valence-corrected chi connectivity index (χ3v) is 4.14. The Morgan fingerprint density at radius 3 is 2.70 bits per heavy atom. The Morgan fingerprint density at radius 1 is 1.40 bits per heavy atom. The maximum Gasteiger partial charge on any atom is 0.0491 e. The zero-order valence-electron chi connectivity index (χ0n) is 13.7. The van der Waals surface area contributed by atoms with Gasteiger partial charge < -0.3 is 5.11 Å². The van der Waals surface area contributed by atoms with Crippen LogP contribution in [0.4, 0.5) is 0 Å². The van der Waals surface area contributed by atoms with Crippen molar-refractivity contribution in [2.75, 3.05) is 6.61 Å². The number of hydrogen-bond acceptors (Lipinski definition) is 1. The minimum Gasteiger partial charge on any atom is -0.396 e. The fraction of sp³-hybridized carbons (Fsp3) is 0.579. The molecule has 0 aliphatic heterocycles. The highest BCUT2D eigenvalue weighted by Crippen LogP contribution is 2.40. The minimum atomic E-state index is 0.208. The second kappa shape index (κ2) is 7.64. The lowest BCUT2D eigenvalue weighted by Gasteiger charge is -2.32. The van der Waals surface area contributed by atoms with Gasteiger partial charge in [0.1, 0.15) is 0 Å². The molecule has 0 bridgehead atoms. The first-order valence-corrected chi connectivity index (χ1v) is 7.71. The monoisotopic (exact) mass is 274 g/mol. The lowest BCUT2D eigenvalue weighted by molar-refractivity contribution is 0.262. The highest BCUT2D eigenvalue weighted by Gasteiger charge is 2.26. The molecule has 0 heterocycles. The van der Waals surface area contributed by atoms with Crippen LogP contribution in [0.1, 0.15) is 53.9 Å². The van der Waals surface area contributed by atoms with E-state index in [1.807, 2.05) is 19.1 Å². The molecule has 0 aromatic carbocycles. The van der Waals surface area contributed by atoms with Gasteiger partial charge in [-0.15, -0.1) is 0 Å². The lowest BCUT2D eigenvalue weighted by Crippen LogP contribution is -2.19. The molecule has 0 saturated heterocycles. The summed E-state index contributed by atoms with van der Waals surface area (Å²) in [5.41, 5.74) is 4.59. The molecule has 1 unspecified atom stereocenters. The predicted octanol–water partition coefficient (Wildman–Crippen LogP) is 5.20. The van der Waals surface area contributed by atoms with Crippen LogP contribution in [0.2, 0.25) is 0 Å². The summed E-state index contributed by atoms with van der Waals surface area (Å²) in [6.07, 6.45) is 14.5. The van der Waals surface area contributed by atoms with Crippen molar-refractivity contribution in [3.8, 4) is 0 Å². The van der Waals surface area contributed by atoms with Gasteiger partial charge in [0.25, 0.3) is 0 Å². The molecule has 0 aromatic rings. The van der Waals surface area contributed by atoms with Gasteiger partial charge in [0.05, 0.1) is 0 Å². The van der Waals surface area contributed by atoms with Crippen LogP contribution >= 0.6 is 0 Å². The van der Waals surface area contributed by atoms with E-state index in [0.29, 0.717) is 5.41 Å². The van der Waals surface area contributed by atoms with Gasteiger partial charge >= 0.3 is 0 Å². The van der Waals surface area contributed by atoms with E-state index in [4.69, 9.17) is 5.11 Å². The van der Waals surface area contributed by atoms with Crippen LogP contribution < -0.4 is 0 Å². The molecule has 0 radical (unpaired) electrons. The fourth-order valence-corrected chi connectivity index (χ4v) is 2.74. The molecule has 1 N–H and O–H groups in total. The van der Waals surface area contributed by atoms with E-state index in [-0.39, 0.29) is 12.5 Å². The molecule has 0 aromatic heterocycles. The number of allylic oxidation sites excluding steroid dienone is 7. The second-order valence-corrected chi connectivity index (χ2v) is 6.72. The summed E-state index contributed by atoms with van der Waals surface area (Å²) in [4.78, 5) is 0. The smallest absolute Gasteiger partial charge is 0.0491 e. The van der Waals surface area contributed by atoms with Gasteiger partial charge in [-0.05, 0) is 50.0 Å². The largest absolute Gasteiger partial charge is 0.396 e. The van der Waals surface area contributed by atoms with E-state index in [9.17, 15) is 0 Å². The average molecular weight is 274 g/mol. The minimum absolute atomic E-state index is 0.208. The molecule has 1 aliphatic rings. The first-order chi connectivity index (χ1) is 9.36. The molecule has 1 aliphatic carbocycles. The molecule has 1 heteroatoms. The molecular formula is C19H30O. The average Bonchev–Trinajstić information content (AvgIpc) is 2.37. The Kier molecular flexibility index (Phi) is 6.48.